The zero-order chi connectivity index (χ0) is 12.0. The lowest BCUT2D eigenvalue weighted by Crippen LogP contribution is -2.40. The summed E-state index contributed by atoms with van der Waals surface area (Å²) in [5.74, 6) is -0.386. The van der Waals surface area contributed by atoms with E-state index in [4.69, 9.17) is 23.1 Å². The first kappa shape index (κ1) is 13.4. The minimum Gasteiger partial charge on any atom is -0.329 e. The molecule has 1 unspecified atom stereocenters. The fourth-order valence-electron chi connectivity index (χ4n) is 1.30. The van der Waals surface area contributed by atoms with E-state index in [2.05, 4.69) is 5.32 Å². The van der Waals surface area contributed by atoms with Gasteiger partial charge in [0.25, 0.3) is 0 Å². The second-order valence-electron chi connectivity index (χ2n) is 3.70. The van der Waals surface area contributed by atoms with E-state index >= 15 is 0 Å². The maximum absolute atomic E-state index is 12.9. The Morgan fingerprint density at radius 3 is 2.81 bits per heavy atom. The lowest BCUT2D eigenvalue weighted by molar-refractivity contribution is 0.582. The Morgan fingerprint density at radius 2 is 2.19 bits per heavy atom. The van der Waals surface area contributed by atoms with Crippen molar-refractivity contribution in [2.45, 2.75) is 12.5 Å². The summed E-state index contributed by atoms with van der Waals surface area (Å²) in [5, 5.41) is 3.34. The summed E-state index contributed by atoms with van der Waals surface area (Å²) in [5.41, 5.74) is 12.0. The highest BCUT2D eigenvalue weighted by atomic mass is 35.5. The van der Waals surface area contributed by atoms with Crippen molar-refractivity contribution in [3.05, 3.63) is 34.6 Å². The van der Waals surface area contributed by atoms with Crippen molar-refractivity contribution < 1.29 is 4.39 Å². The number of nitrogens with two attached hydrogens (primary N) is 2. The Morgan fingerprint density at radius 1 is 1.44 bits per heavy atom. The monoisotopic (exact) mass is 245 g/mol. The normalized spacial score (nSPS) is 12.8. The number of nitrogens with one attached hydrogen (secondary N) is 1. The minimum absolute atomic E-state index is 0.0168. The van der Waals surface area contributed by atoms with Crippen molar-refractivity contribution in [3.63, 3.8) is 0 Å². The van der Waals surface area contributed by atoms with Crippen LogP contribution in [0.1, 0.15) is 5.56 Å². The zero-order valence-electron chi connectivity index (χ0n) is 9.05. The van der Waals surface area contributed by atoms with Gasteiger partial charge in [0.1, 0.15) is 5.82 Å². The third-order valence-electron chi connectivity index (χ3n) is 2.28. The summed E-state index contributed by atoms with van der Waals surface area (Å²) in [4.78, 5) is 0. The molecule has 1 atom stereocenters. The first-order chi connectivity index (χ1) is 7.63. The van der Waals surface area contributed by atoms with Gasteiger partial charge in [-0.2, -0.15) is 0 Å². The Bertz CT molecular complexity index is 333. The van der Waals surface area contributed by atoms with Gasteiger partial charge in [0.15, 0.2) is 0 Å². The van der Waals surface area contributed by atoms with E-state index in [9.17, 15) is 4.39 Å². The molecule has 0 saturated heterocycles. The van der Waals surface area contributed by atoms with Crippen LogP contribution >= 0.6 is 11.6 Å². The highest BCUT2D eigenvalue weighted by molar-refractivity contribution is 6.30. The number of benzene rings is 1. The molecule has 90 valence electrons. The van der Waals surface area contributed by atoms with Crippen LogP contribution in [0.4, 0.5) is 4.39 Å². The molecule has 5 N–H and O–H groups in total. The van der Waals surface area contributed by atoms with Crippen molar-refractivity contribution >= 4 is 11.6 Å². The number of hydrogen-bond acceptors (Lipinski definition) is 3. The average Bonchev–Trinajstić information content (AvgIpc) is 2.28. The van der Waals surface area contributed by atoms with E-state index < -0.39 is 0 Å². The summed E-state index contributed by atoms with van der Waals surface area (Å²) >= 11 is 5.67. The molecule has 0 radical (unpaired) electrons. The molecule has 1 aromatic carbocycles. The third-order valence-corrected chi connectivity index (χ3v) is 2.57. The molecule has 1 aromatic rings. The summed E-state index contributed by atoms with van der Waals surface area (Å²) in [6.45, 7) is 1.93. The number of halogens is 2. The molecule has 0 saturated carbocycles. The molecule has 0 aliphatic heterocycles. The third kappa shape index (κ3) is 4.45. The number of rotatable bonds is 6. The molecule has 0 aliphatic carbocycles. The molecular formula is C11H17ClFN3. The second kappa shape index (κ2) is 6.81. The predicted molar refractivity (Wildman–Crippen MR) is 65.0 cm³/mol. The number of hydrogen-bond donors (Lipinski definition) is 3. The molecule has 16 heavy (non-hydrogen) atoms. The minimum atomic E-state index is -0.386. The lowest BCUT2D eigenvalue weighted by Gasteiger charge is -2.10. The molecule has 0 aromatic heterocycles. The highest BCUT2D eigenvalue weighted by Crippen LogP contribution is 2.15. The van der Waals surface area contributed by atoms with Gasteiger partial charge in [0, 0.05) is 19.1 Å². The van der Waals surface area contributed by atoms with Crippen molar-refractivity contribution in [2.75, 3.05) is 19.6 Å². The van der Waals surface area contributed by atoms with Crippen LogP contribution in [-0.2, 0) is 6.42 Å². The molecule has 0 fully saturated rings. The van der Waals surface area contributed by atoms with Crippen LogP contribution in [0, 0.1) is 5.82 Å². The average molecular weight is 246 g/mol. The van der Waals surface area contributed by atoms with Crippen LogP contribution < -0.4 is 16.8 Å². The molecule has 0 bridgehead atoms. The smallest absolute Gasteiger partial charge is 0.141 e. The van der Waals surface area contributed by atoms with Crippen LogP contribution in [0.25, 0.3) is 0 Å². The fraction of sp³-hybridized carbons (Fsp3) is 0.455. The van der Waals surface area contributed by atoms with Crippen LogP contribution in [0.5, 0.6) is 0 Å². The van der Waals surface area contributed by atoms with Crippen molar-refractivity contribution in [2.24, 2.45) is 11.5 Å². The molecule has 1 rings (SSSR count). The van der Waals surface area contributed by atoms with Gasteiger partial charge >= 0.3 is 0 Å². The summed E-state index contributed by atoms with van der Waals surface area (Å²) in [7, 11) is 0. The molecule has 0 aliphatic rings. The van der Waals surface area contributed by atoms with Crippen molar-refractivity contribution in [3.8, 4) is 0 Å². The topological polar surface area (TPSA) is 64.1 Å². The van der Waals surface area contributed by atoms with Crippen LogP contribution in [0.15, 0.2) is 18.2 Å². The zero-order valence-corrected chi connectivity index (χ0v) is 9.80. The Hall–Kier alpha value is -0.680. The quantitative estimate of drug-likeness (QED) is 0.653. The molecule has 0 amide bonds. The molecule has 5 heteroatoms. The van der Waals surface area contributed by atoms with Gasteiger partial charge in [-0.25, -0.2) is 4.39 Å². The van der Waals surface area contributed by atoms with Gasteiger partial charge in [-0.05, 0) is 30.7 Å². The summed E-state index contributed by atoms with van der Waals surface area (Å²) in [6.07, 6.45) is 0.789. The molecule has 0 heterocycles. The van der Waals surface area contributed by atoms with Gasteiger partial charge in [-0.3, -0.25) is 0 Å². The first-order valence-corrected chi connectivity index (χ1v) is 5.61. The summed E-state index contributed by atoms with van der Waals surface area (Å²) in [6, 6.07) is 4.73. The van der Waals surface area contributed by atoms with Gasteiger partial charge in [0.2, 0.25) is 0 Å². The fourth-order valence-corrected chi connectivity index (χ4v) is 1.50. The molecule has 3 nitrogen and oxygen atoms in total. The lowest BCUT2D eigenvalue weighted by atomic mass is 10.1. The van der Waals surface area contributed by atoms with Gasteiger partial charge < -0.3 is 16.8 Å². The van der Waals surface area contributed by atoms with E-state index in [1.54, 1.807) is 12.1 Å². The second-order valence-corrected chi connectivity index (χ2v) is 4.11. The Balaban J connectivity index is 2.29. The summed E-state index contributed by atoms with van der Waals surface area (Å²) < 4.78 is 12.9. The largest absolute Gasteiger partial charge is 0.329 e. The first-order valence-electron chi connectivity index (χ1n) is 5.23. The van der Waals surface area contributed by atoms with Gasteiger partial charge in [-0.15, -0.1) is 0 Å². The SMILES string of the molecule is NCC(N)CNCCc1ccc(F)c(Cl)c1. The Labute approximate surface area is 100.0 Å². The Kier molecular flexibility index (Phi) is 5.69. The van der Waals surface area contributed by atoms with Crippen LogP contribution in [0.3, 0.4) is 0 Å². The maximum Gasteiger partial charge on any atom is 0.141 e. The standard InChI is InChI=1S/C11H17ClFN3/c12-10-5-8(1-2-11(10)13)3-4-16-7-9(15)6-14/h1-2,5,9,16H,3-4,6-7,14-15H2. The van der Waals surface area contributed by atoms with E-state index in [1.807, 2.05) is 0 Å². The van der Waals surface area contributed by atoms with Crippen LogP contribution in [-0.4, -0.2) is 25.7 Å². The van der Waals surface area contributed by atoms with Crippen molar-refractivity contribution in [1.82, 2.24) is 5.32 Å². The maximum atomic E-state index is 12.9. The highest BCUT2D eigenvalue weighted by Gasteiger charge is 2.01. The van der Waals surface area contributed by atoms with Crippen LogP contribution in [0.2, 0.25) is 5.02 Å². The van der Waals surface area contributed by atoms with Gasteiger partial charge in [-0.1, -0.05) is 17.7 Å². The van der Waals surface area contributed by atoms with Crippen molar-refractivity contribution in [1.29, 1.82) is 0 Å². The van der Waals surface area contributed by atoms with E-state index in [0.717, 1.165) is 18.5 Å². The van der Waals surface area contributed by atoms with E-state index in [1.165, 1.54) is 6.07 Å². The van der Waals surface area contributed by atoms with Gasteiger partial charge in [0.05, 0.1) is 5.02 Å². The van der Waals surface area contributed by atoms with E-state index in [-0.39, 0.29) is 16.9 Å². The van der Waals surface area contributed by atoms with E-state index in [0.29, 0.717) is 13.1 Å². The molecule has 0 spiro atoms. The molecular weight excluding hydrogens is 229 g/mol. The predicted octanol–water partition coefficient (Wildman–Crippen LogP) is 0.897.